The first-order valence-electron chi connectivity index (χ1n) is 6.27. The maximum atomic E-state index is 12.2. The lowest BCUT2D eigenvalue weighted by Crippen LogP contribution is -2.38. The van der Waals surface area contributed by atoms with Gasteiger partial charge in [-0.25, -0.2) is 0 Å². The molecule has 1 unspecified atom stereocenters. The van der Waals surface area contributed by atoms with Crippen LogP contribution in [-0.2, 0) is 4.79 Å². The van der Waals surface area contributed by atoms with E-state index in [0.29, 0.717) is 13.0 Å². The number of carbonyl (C=O) groups is 1. The van der Waals surface area contributed by atoms with Crippen LogP contribution in [0.15, 0.2) is 18.2 Å². The van der Waals surface area contributed by atoms with Crippen LogP contribution in [0.2, 0.25) is 0 Å². The van der Waals surface area contributed by atoms with Gasteiger partial charge < -0.3 is 10.0 Å². The second kappa shape index (κ2) is 3.84. The highest BCUT2D eigenvalue weighted by atomic mass is 16.3. The van der Waals surface area contributed by atoms with Crippen molar-refractivity contribution in [2.45, 2.75) is 32.3 Å². The van der Waals surface area contributed by atoms with Crippen LogP contribution >= 0.6 is 0 Å². The Balaban J connectivity index is 2.04. The Labute approximate surface area is 101 Å². The van der Waals surface area contributed by atoms with E-state index in [1.165, 1.54) is 0 Å². The van der Waals surface area contributed by atoms with Gasteiger partial charge in [-0.05, 0) is 31.7 Å². The summed E-state index contributed by atoms with van der Waals surface area (Å²) in [6.07, 6.45) is 2.28. The highest BCUT2D eigenvalue weighted by Crippen LogP contribution is 2.40. The van der Waals surface area contributed by atoms with E-state index >= 15 is 0 Å². The molecular weight excluding hydrogens is 214 g/mol. The molecule has 0 aromatic heterocycles. The van der Waals surface area contributed by atoms with Crippen molar-refractivity contribution in [3.8, 4) is 0 Å². The lowest BCUT2D eigenvalue weighted by Gasteiger charge is -2.33. The van der Waals surface area contributed by atoms with E-state index in [1.54, 1.807) is 0 Å². The number of fused-ring (bicyclic) bond motifs is 1. The van der Waals surface area contributed by atoms with Crippen LogP contribution < -0.4 is 4.90 Å². The zero-order valence-electron chi connectivity index (χ0n) is 10.0. The Morgan fingerprint density at radius 3 is 2.82 bits per heavy atom. The summed E-state index contributed by atoms with van der Waals surface area (Å²) < 4.78 is 0. The molecule has 1 saturated carbocycles. The fraction of sp³-hybridized carbons (Fsp3) is 0.500. The van der Waals surface area contributed by atoms with Gasteiger partial charge in [0.2, 0.25) is 5.91 Å². The largest absolute Gasteiger partial charge is 0.388 e. The van der Waals surface area contributed by atoms with E-state index in [1.807, 2.05) is 30.0 Å². The van der Waals surface area contributed by atoms with Crippen molar-refractivity contribution >= 4 is 11.6 Å². The van der Waals surface area contributed by atoms with Crippen molar-refractivity contribution < 1.29 is 9.90 Å². The van der Waals surface area contributed by atoms with Gasteiger partial charge >= 0.3 is 0 Å². The summed E-state index contributed by atoms with van der Waals surface area (Å²) in [5.74, 6) is 0.477. The summed E-state index contributed by atoms with van der Waals surface area (Å²) in [5.41, 5.74) is 2.93. The third kappa shape index (κ3) is 1.75. The molecule has 0 spiro atoms. The minimum absolute atomic E-state index is 0.234. The third-order valence-corrected chi connectivity index (χ3v) is 3.72. The lowest BCUT2D eigenvalue weighted by molar-refractivity contribution is -0.120. The van der Waals surface area contributed by atoms with Gasteiger partial charge in [0.25, 0.3) is 0 Å². The van der Waals surface area contributed by atoms with E-state index in [2.05, 4.69) is 0 Å². The molecule has 17 heavy (non-hydrogen) atoms. The van der Waals surface area contributed by atoms with Crippen molar-refractivity contribution in [3.63, 3.8) is 0 Å². The molecule has 1 fully saturated rings. The molecule has 0 bridgehead atoms. The summed E-state index contributed by atoms with van der Waals surface area (Å²) >= 11 is 0. The number of aliphatic hydroxyl groups is 1. The number of rotatable bonds is 1. The quantitative estimate of drug-likeness (QED) is 0.804. The second-order valence-electron chi connectivity index (χ2n) is 5.08. The van der Waals surface area contributed by atoms with Crippen molar-refractivity contribution in [3.05, 3.63) is 29.3 Å². The topological polar surface area (TPSA) is 40.5 Å². The molecule has 1 amide bonds. The summed E-state index contributed by atoms with van der Waals surface area (Å²) in [6.45, 7) is 2.65. The maximum absolute atomic E-state index is 12.2. The molecule has 1 N–H and O–H groups in total. The molecular formula is C14H17NO2. The SMILES string of the molecule is Cc1cccc2c1N(C(=O)C1CC1)CCC2O. The number of amides is 1. The number of hydrogen-bond acceptors (Lipinski definition) is 2. The molecule has 0 saturated heterocycles. The number of anilines is 1. The molecule has 3 rings (SSSR count). The van der Waals surface area contributed by atoms with Crippen LogP contribution in [0.3, 0.4) is 0 Å². The highest BCUT2D eigenvalue weighted by molar-refractivity contribution is 5.98. The van der Waals surface area contributed by atoms with E-state index in [4.69, 9.17) is 0 Å². The van der Waals surface area contributed by atoms with E-state index < -0.39 is 6.10 Å². The summed E-state index contributed by atoms with van der Waals surface area (Å²) in [7, 11) is 0. The van der Waals surface area contributed by atoms with Crippen molar-refractivity contribution in [2.24, 2.45) is 5.92 Å². The van der Waals surface area contributed by atoms with Crippen molar-refractivity contribution in [1.29, 1.82) is 0 Å². The smallest absolute Gasteiger partial charge is 0.230 e. The number of aryl methyl sites for hydroxylation is 1. The molecule has 3 nitrogen and oxygen atoms in total. The molecule has 0 radical (unpaired) electrons. The third-order valence-electron chi connectivity index (χ3n) is 3.72. The molecule has 90 valence electrons. The highest BCUT2D eigenvalue weighted by Gasteiger charge is 2.37. The van der Waals surface area contributed by atoms with Crippen LogP contribution in [0.1, 0.15) is 36.5 Å². The summed E-state index contributed by atoms with van der Waals surface area (Å²) in [6, 6.07) is 5.88. The number of aliphatic hydroxyl groups excluding tert-OH is 1. The Morgan fingerprint density at radius 2 is 2.12 bits per heavy atom. The molecule has 1 aromatic rings. The van der Waals surface area contributed by atoms with Crippen molar-refractivity contribution in [2.75, 3.05) is 11.4 Å². The number of nitrogens with zero attached hydrogens (tertiary/aromatic N) is 1. The summed E-state index contributed by atoms with van der Waals surface area (Å²) in [5, 5.41) is 10.0. The van der Waals surface area contributed by atoms with E-state index in [-0.39, 0.29) is 11.8 Å². The Morgan fingerprint density at radius 1 is 1.35 bits per heavy atom. The zero-order chi connectivity index (χ0) is 12.0. The first-order chi connectivity index (χ1) is 8.18. The average Bonchev–Trinajstić information content (AvgIpc) is 3.14. The Kier molecular flexibility index (Phi) is 2.44. The lowest BCUT2D eigenvalue weighted by atomic mass is 9.95. The van der Waals surface area contributed by atoms with Crippen molar-refractivity contribution in [1.82, 2.24) is 0 Å². The van der Waals surface area contributed by atoms with Gasteiger partial charge in [-0.2, -0.15) is 0 Å². The van der Waals surface area contributed by atoms with Crippen LogP contribution in [0.4, 0.5) is 5.69 Å². The minimum atomic E-state index is -0.423. The first kappa shape index (κ1) is 10.8. The Bertz CT molecular complexity index is 465. The van der Waals surface area contributed by atoms with Gasteiger partial charge in [-0.1, -0.05) is 18.2 Å². The average molecular weight is 231 g/mol. The number of benzene rings is 1. The fourth-order valence-electron chi connectivity index (χ4n) is 2.61. The van der Waals surface area contributed by atoms with Gasteiger partial charge in [0.15, 0.2) is 0 Å². The molecule has 2 aliphatic rings. The van der Waals surface area contributed by atoms with Crippen LogP contribution in [-0.4, -0.2) is 17.6 Å². The zero-order valence-corrected chi connectivity index (χ0v) is 10.0. The van der Waals surface area contributed by atoms with Gasteiger partial charge in [-0.3, -0.25) is 4.79 Å². The van der Waals surface area contributed by atoms with Crippen LogP contribution in [0, 0.1) is 12.8 Å². The normalized spacial score (nSPS) is 23.4. The molecule has 1 heterocycles. The fourth-order valence-corrected chi connectivity index (χ4v) is 2.61. The minimum Gasteiger partial charge on any atom is -0.388 e. The maximum Gasteiger partial charge on any atom is 0.230 e. The van der Waals surface area contributed by atoms with Gasteiger partial charge in [0.1, 0.15) is 0 Å². The summed E-state index contributed by atoms with van der Waals surface area (Å²) in [4.78, 5) is 14.1. The van der Waals surface area contributed by atoms with Gasteiger partial charge in [0.05, 0.1) is 11.8 Å². The monoisotopic (exact) mass is 231 g/mol. The number of hydrogen-bond donors (Lipinski definition) is 1. The Hall–Kier alpha value is -1.35. The molecule has 1 aliphatic heterocycles. The van der Waals surface area contributed by atoms with Crippen LogP contribution in [0.25, 0.3) is 0 Å². The molecule has 1 aliphatic carbocycles. The number of carbonyl (C=O) groups excluding carboxylic acids is 1. The van der Waals surface area contributed by atoms with Gasteiger partial charge in [-0.15, -0.1) is 0 Å². The predicted molar refractivity (Wildman–Crippen MR) is 65.8 cm³/mol. The second-order valence-corrected chi connectivity index (χ2v) is 5.08. The van der Waals surface area contributed by atoms with E-state index in [0.717, 1.165) is 29.7 Å². The molecule has 1 atom stereocenters. The predicted octanol–water partition coefficient (Wildman–Crippen LogP) is 2.18. The van der Waals surface area contributed by atoms with Crippen LogP contribution in [0.5, 0.6) is 0 Å². The standard InChI is InChI=1S/C14H17NO2/c1-9-3-2-4-11-12(16)7-8-15(13(9)11)14(17)10-5-6-10/h2-4,10,12,16H,5-8H2,1H3. The number of para-hydroxylation sites is 1. The molecule has 1 aromatic carbocycles. The van der Waals surface area contributed by atoms with Gasteiger partial charge in [0, 0.05) is 18.0 Å². The van der Waals surface area contributed by atoms with E-state index in [9.17, 15) is 9.90 Å². The first-order valence-corrected chi connectivity index (χ1v) is 6.27. The molecule has 3 heteroatoms.